The number of carbonyl (C=O) groups is 2. The fraction of sp³-hybridized carbons (Fsp3) is 0.350. The Morgan fingerprint density at radius 3 is 2.50 bits per heavy atom. The van der Waals surface area contributed by atoms with Gasteiger partial charge in [-0.25, -0.2) is 4.39 Å². The number of nitrogens with two attached hydrogens (primary N) is 1. The number of pyridine rings is 1. The van der Waals surface area contributed by atoms with Gasteiger partial charge in [-0.05, 0) is 18.2 Å². The SMILES string of the molecule is COc1c([C@@H]2[C@H](C)[C@H](C(F)(F)F)O[C@H]2C(=O)Nc2ccnc(C(N)=O)c2)ccc(F)c1F. The number of ether oxygens (including phenoxy) is 2. The van der Waals surface area contributed by atoms with Crippen molar-refractivity contribution >= 4 is 17.5 Å². The lowest BCUT2D eigenvalue weighted by Gasteiger charge is -2.24. The fourth-order valence-corrected chi connectivity index (χ4v) is 3.75. The van der Waals surface area contributed by atoms with Crippen LogP contribution in [0.2, 0.25) is 0 Å². The number of anilines is 1. The zero-order valence-electron chi connectivity index (χ0n) is 16.7. The van der Waals surface area contributed by atoms with Crippen LogP contribution in [0.15, 0.2) is 30.5 Å². The number of nitrogens with one attached hydrogen (secondary N) is 1. The van der Waals surface area contributed by atoms with Crippen LogP contribution < -0.4 is 15.8 Å². The van der Waals surface area contributed by atoms with Gasteiger partial charge in [0.15, 0.2) is 17.7 Å². The fourth-order valence-electron chi connectivity index (χ4n) is 3.75. The van der Waals surface area contributed by atoms with E-state index in [1.165, 1.54) is 19.2 Å². The summed E-state index contributed by atoms with van der Waals surface area (Å²) in [6.45, 7) is 1.19. The maximum absolute atomic E-state index is 14.3. The van der Waals surface area contributed by atoms with Crippen molar-refractivity contribution in [3.05, 3.63) is 53.4 Å². The van der Waals surface area contributed by atoms with Gasteiger partial charge in [0.25, 0.3) is 11.8 Å². The van der Waals surface area contributed by atoms with Crippen LogP contribution in [0.1, 0.15) is 28.9 Å². The second kappa shape index (κ2) is 8.69. The van der Waals surface area contributed by atoms with Crippen LogP contribution in [0, 0.1) is 17.6 Å². The van der Waals surface area contributed by atoms with Crippen LogP contribution in [-0.4, -0.2) is 42.3 Å². The van der Waals surface area contributed by atoms with Gasteiger partial charge in [0.05, 0.1) is 7.11 Å². The third kappa shape index (κ3) is 4.35. The molecule has 1 aromatic carbocycles. The van der Waals surface area contributed by atoms with E-state index >= 15 is 0 Å². The number of aromatic nitrogens is 1. The van der Waals surface area contributed by atoms with Gasteiger partial charge in [-0.3, -0.25) is 14.6 Å². The second-order valence-corrected chi connectivity index (χ2v) is 7.17. The molecular formula is C20H18F5N3O4. The van der Waals surface area contributed by atoms with Crippen molar-refractivity contribution in [3.63, 3.8) is 0 Å². The Morgan fingerprint density at radius 2 is 1.91 bits per heavy atom. The van der Waals surface area contributed by atoms with Crippen LogP contribution >= 0.6 is 0 Å². The molecule has 1 aliphatic heterocycles. The zero-order chi connectivity index (χ0) is 23.8. The number of halogens is 5. The Labute approximate surface area is 178 Å². The molecule has 4 atom stereocenters. The number of nitrogens with zero attached hydrogens (tertiary/aromatic N) is 1. The van der Waals surface area contributed by atoms with Gasteiger partial charge in [-0.1, -0.05) is 13.0 Å². The molecule has 0 spiro atoms. The van der Waals surface area contributed by atoms with Crippen LogP contribution in [0.4, 0.5) is 27.6 Å². The molecule has 2 heterocycles. The van der Waals surface area contributed by atoms with E-state index in [0.717, 1.165) is 25.3 Å². The highest BCUT2D eigenvalue weighted by Gasteiger charge is 2.57. The molecule has 0 radical (unpaired) electrons. The highest BCUT2D eigenvalue weighted by molar-refractivity contribution is 5.97. The number of amides is 2. The minimum absolute atomic E-state index is 0.0292. The Kier molecular flexibility index (Phi) is 6.35. The summed E-state index contributed by atoms with van der Waals surface area (Å²) >= 11 is 0. The highest BCUT2D eigenvalue weighted by Crippen LogP contribution is 2.49. The topological polar surface area (TPSA) is 104 Å². The van der Waals surface area contributed by atoms with Gasteiger partial charge < -0.3 is 20.5 Å². The molecule has 7 nitrogen and oxygen atoms in total. The minimum atomic E-state index is -4.83. The molecule has 3 N–H and O–H groups in total. The Balaban J connectivity index is 2.02. The summed E-state index contributed by atoms with van der Waals surface area (Å²) in [6.07, 6.45) is -7.74. The Morgan fingerprint density at radius 1 is 1.22 bits per heavy atom. The van der Waals surface area contributed by atoms with E-state index in [1.54, 1.807) is 0 Å². The number of benzene rings is 1. The number of hydrogen-bond acceptors (Lipinski definition) is 5. The molecule has 0 unspecified atom stereocenters. The third-order valence-corrected chi connectivity index (χ3v) is 5.17. The number of alkyl halides is 3. The number of rotatable bonds is 5. The number of primary amides is 1. The first-order valence-corrected chi connectivity index (χ1v) is 9.26. The predicted molar refractivity (Wildman–Crippen MR) is 101 cm³/mol. The van der Waals surface area contributed by atoms with Gasteiger partial charge >= 0.3 is 6.18 Å². The molecule has 2 aromatic rings. The summed E-state index contributed by atoms with van der Waals surface area (Å²) in [5, 5.41) is 2.35. The summed E-state index contributed by atoms with van der Waals surface area (Å²) in [5.41, 5.74) is 4.82. The van der Waals surface area contributed by atoms with Gasteiger partial charge in [0, 0.05) is 29.3 Å². The molecule has 0 saturated carbocycles. The predicted octanol–water partition coefficient (Wildman–Crippen LogP) is 3.16. The monoisotopic (exact) mass is 459 g/mol. The van der Waals surface area contributed by atoms with Gasteiger partial charge in [0.1, 0.15) is 11.8 Å². The quantitative estimate of drug-likeness (QED) is 0.669. The van der Waals surface area contributed by atoms with Crippen molar-refractivity contribution in [3.8, 4) is 5.75 Å². The first kappa shape index (κ1) is 23.4. The molecule has 1 aliphatic rings. The Bertz CT molecular complexity index is 1050. The molecule has 1 saturated heterocycles. The molecule has 1 fully saturated rings. The molecule has 0 bridgehead atoms. The van der Waals surface area contributed by atoms with Crippen molar-refractivity contribution in [1.82, 2.24) is 4.98 Å². The summed E-state index contributed by atoms with van der Waals surface area (Å²) in [7, 11) is 1.03. The minimum Gasteiger partial charge on any atom is -0.493 e. The van der Waals surface area contributed by atoms with E-state index in [2.05, 4.69) is 10.3 Å². The third-order valence-electron chi connectivity index (χ3n) is 5.17. The number of hydrogen-bond donors (Lipinski definition) is 2. The van der Waals surface area contributed by atoms with E-state index in [-0.39, 0.29) is 16.9 Å². The lowest BCUT2D eigenvalue weighted by atomic mass is 9.81. The maximum Gasteiger partial charge on any atom is 0.414 e. The van der Waals surface area contributed by atoms with Gasteiger partial charge in [0.2, 0.25) is 5.82 Å². The average molecular weight is 459 g/mol. The van der Waals surface area contributed by atoms with E-state index in [4.69, 9.17) is 15.2 Å². The van der Waals surface area contributed by atoms with E-state index in [0.29, 0.717) is 0 Å². The summed E-state index contributed by atoms with van der Waals surface area (Å²) in [6, 6.07) is 4.21. The molecule has 32 heavy (non-hydrogen) atoms. The molecule has 172 valence electrons. The first-order chi connectivity index (χ1) is 15.0. The maximum atomic E-state index is 14.3. The van der Waals surface area contributed by atoms with Crippen molar-refractivity contribution in [1.29, 1.82) is 0 Å². The first-order valence-electron chi connectivity index (χ1n) is 9.26. The summed E-state index contributed by atoms with van der Waals surface area (Å²) in [4.78, 5) is 27.9. The van der Waals surface area contributed by atoms with Crippen molar-refractivity contribution in [2.75, 3.05) is 12.4 Å². The molecule has 0 aliphatic carbocycles. The van der Waals surface area contributed by atoms with E-state index in [9.17, 15) is 31.5 Å². The Hall–Kier alpha value is -3.28. The largest absolute Gasteiger partial charge is 0.493 e. The van der Waals surface area contributed by atoms with E-state index < -0.39 is 59.4 Å². The summed E-state index contributed by atoms with van der Waals surface area (Å²) < 4.78 is 78.5. The van der Waals surface area contributed by atoms with Crippen LogP contribution in [0.25, 0.3) is 0 Å². The van der Waals surface area contributed by atoms with Crippen LogP contribution in [0.5, 0.6) is 5.75 Å². The number of methoxy groups -OCH3 is 1. The smallest absolute Gasteiger partial charge is 0.414 e. The van der Waals surface area contributed by atoms with Crippen molar-refractivity contribution in [2.45, 2.75) is 31.2 Å². The van der Waals surface area contributed by atoms with Crippen LogP contribution in [0.3, 0.4) is 0 Å². The molecular weight excluding hydrogens is 441 g/mol. The second-order valence-electron chi connectivity index (χ2n) is 7.17. The molecule has 12 heteroatoms. The average Bonchev–Trinajstić information content (AvgIpc) is 3.07. The lowest BCUT2D eigenvalue weighted by Crippen LogP contribution is -2.35. The zero-order valence-corrected chi connectivity index (χ0v) is 16.7. The van der Waals surface area contributed by atoms with Crippen molar-refractivity contribution in [2.24, 2.45) is 11.7 Å². The van der Waals surface area contributed by atoms with Gasteiger partial charge in [-0.2, -0.15) is 17.6 Å². The van der Waals surface area contributed by atoms with Gasteiger partial charge in [-0.15, -0.1) is 0 Å². The standard InChI is InChI=1S/C20H18F5N3O4/c1-8-13(10-3-4-11(21)14(22)15(10)31-2)16(32-17(8)20(23,24)25)19(30)28-9-5-6-27-12(7-9)18(26)29/h3-8,13,16-17H,1-2H3,(H2,26,29)(H,27,28,30)/t8-,13-,16+,17+/m0/s1. The highest BCUT2D eigenvalue weighted by atomic mass is 19.4. The van der Waals surface area contributed by atoms with Crippen LogP contribution in [-0.2, 0) is 9.53 Å². The normalized spacial score (nSPS) is 23.1. The molecule has 1 aromatic heterocycles. The summed E-state index contributed by atoms with van der Waals surface area (Å²) in [5.74, 6) is -7.83. The van der Waals surface area contributed by atoms with E-state index in [1.807, 2.05) is 0 Å². The number of carbonyl (C=O) groups excluding carboxylic acids is 2. The molecule has 3 rings (SSSR count). The molecule has 2 amide bonds. The van der Waals surface area contributed by atoms with Crippen molar-refractivity contribution < 1.29 is 41.0 Å². The lowest BCUT2D eigenvalue weighted by molar-refractivity contribution is -0.221.